The van der Waals surface area contributed by atoms with Crippen LogP contribution in [-0.4, -0.2) is 65.4 Å². The highest BCUT2D eigenvalue weighted by atomic mass is 35.5. The molecule has 0 atom stereocenters. The number of benzene rings is 1. The minimum absolute atomic E-state index is 0. The molecular weight excluding hydrogens is 493 g/mol. The van der Waals surface area contributed by atoms with Crippen molar-refractivity contribution in [1.82, 2.24) is 24.8 Å². The van der Waals surface area contributed by atoms with Crippen LogP contribution in [0.4, 0.5) is 0 Å². The lowest BCUT2D eigenvalue weighted by atomic mass is 10.0. The van der Waals surface area contributed by atoms with Gasteiger partial charge < -0.3 is 29.0 Å². The predicted molar refractivity (Wildman–Crippen MR) is 139 cm³/mol. The number of hydrogen-bond acceptors (Lipinski definition) is 8. The molecule has 4 heterocycles. The Labute approximate surface area is 216 Å². The van der Waals surface area contributed by atoms with E-state index in [9.17, 15) is 4.79 Å². The Kier molecular flexibility index (Phi) is 9.56. The Bertz CT molecular complexity index is 1180. The van der Waals surface area contributed by atoms with Gasteiger partial charge in [-0.25, -0.2) is 4.98 Å². The number of rotatable bonds is 7. The van der Waals surface area contributed by atoms with Gasteiger partial charge in [-0.1, -0.05) is 0 Å². The summed E-state index contributed by atoms with van der Waals surface area (Å²) in [5.74, 6) is 2.22. The molecule has 2 aliphatic heterocycles. The molecule has 0 amide bonds. The van der Waals surface area contributed by atoms with E-state index in [2.05, 4.69) is 20.2 Å². The van der Waals surface area contributed by atoms with Gasteiger partial charge in [0.25, 0.3) is 5.56 Å². The van der Waals surface area contributed by atoms with E-state index >= 15 is 0 Å². The quantitative estimate of drug-likeness (QED) is 0.505. The monoisotopic (exact) mass is 523 g/mol. The molecule has 0 bridgehead atoms. The molecule has 0 spiro atoms. The lowest BCUT2D eigenvalue weighted by molar-refractivity contribution is 0.170. The molecule has 5 rings (SSSR count). The molecule has 190 valence electrons. The number of piperidine rings is 1. The van der Waals surface area contributed by atoms with E-state index in [4.69, 9.17) is 14.2 Å². The van der Waals surface area contributed by atoms with Crippen molar-refractivity contribution in [1.29, 1.82) is 0 Å². The molecule has 1 fully saturated rings. The number of ether oxygens (including phenoxy) is 3. The van der Waals surface area contributed by atoms with Crippen molar-refractivity contribution in [2.75, 3.05) is 40.0 Å². The number of hydrogen-bond donors (Lipinski definition) is 1. The van der Waals surface area contributed by atoms with E-state index in [1.807, 2.05) is 24.3 Å². The van der Waals surface area contributed by atoms with Crippen LogP contribution in [0.15, 0.2) is 41.5 Å². The number of nitrogens with one attached hydrogen (secondary N) is 1. The van der Waals surface area contributed by atoms with E-state index in [0.29, 0.717) is 32.3 Å². The molecule has 0 unspecified atom stereocenters. The largest absolute Gasteiger partial charge is 0.497 e. The summed E-state index contributed by atoms with van der Waals surface area (Å²) in [6, 6.07) is 8.04. The second-order valence-electron chi connectivity index (χ2n) is 8.42. The molecule has 3 aromatic rings. The van der Waals surface area contributed by atoms with E-state index in [-0.39, 0.29) is 30.4 Å². The predicted octanol–water partition coefficient (Wildman–Crippen LogP) is 2.67. The zero-order chi connectivity index (χ0) is 22.6. The normalized spacial score (nSPS) is 15.8. The Morgan fingerprint density at radius 1 is 1.03 bits per heavy atom. The number of nitrogens with zero attached hydrogens (tertiary/aromatic N) is 4. The second-order valence-corrected chi connectivity index (χ2v) is 8.42. The standard InChI is InChI=1S/C24H29N5O4.2ClH/c1-31-19-2-3-20-21(13-19)29(24(30)16-27-20)9-8-28-6-4-17(5-7-28)25-14-18-12-22-23(15-26-18)33-11-10-32-22;;/h2-3,12-13,15-17,25H,4-11,14H2,1H3;2*1H. The molecule has 0 saturated carbocycles. The van der Waals surface area contributed by atoms with Crippen LogP contribution in [-0.2, 0) is 13.1 Å². The van der Waals surface area contributed by atoms with Gasteiger partial charge in [-0.05, 0) is 38.1 Å². The Hall–Kier alpha value is -2.59. The summed E-state index contributed by atoms with van der Waals surface area (Å²) < 4.78 is 18.3. The Morgan fingerprint density at radius 3 is 2.57 bits per heavy atom. The number of methoxy groups -OCH3 is 1. The molecular formula is C24H31Cl2N5O4. The third kappa shape index (κ3) is 6.35. The SMILES string of the molecule is COc1ccc2ncc(=O)n(CCN3CCC(NCc4cc5c(cn4)OCCO5)CC3)c2c1.Cl.Cl. The highest BCUT2D eigenvalue weighted by Crippen LogP contribution is 2.29. The summed E-state index contributed by atoms with van der Waals surface area (Å²) in [4.78, 5) is 23.6. The first-order valence-electron chi connectivity index (χ1n) is 11.4. The molecule has 0 aliphatic carbocycles. The van der Waals surface area contributed by atoms with Gasteiger partial charge >= 0.3 is 0 Å². The summed E-state index contributed by atoms with van der Waals surface area (Å²) in [6.07, 6.45) is 5.26. The number of halogens is 2. The first kappa shape index (κ1) is 27.0. The van der Waals surface area contributed by atoms with Crippen molar-refractivity contribution < 1.29 is 14.2 Å². The van der Waals surface area contributed by atoms with Crippen LogP contribution in [0, 0.1) is 0 Å². The molecule has 1 N–H and O–H groups in total. The number of likely N-dealkylation sites (tertiary alicyclic amines) is 1. The fourth-order valence-electron chi connectivity index (χ4n) is 4.44. The van der Waals surface area contributed by atoms with Gasteiger partial charge in [0.1, 0.15) is 19.0 Å². The average Bonchev–Trinajstić information content (AvgIpc) is 2.87. The number of aromatic nitrogens is 3. The third-order valence-corrected chi connectivity index (χ3v) is 6.34. The highest BCUT2D eigenvalue weighted by Gasteiger charge is 2.20. The van der Waals surface area contributed by atoms with E-state index in [1.165, 1.54) is 6.20 Å². The summed E-state index contributed by atoms with van der Waals surface area (Å²) in [6.45, 7) is 5.31. The number of fused-ring (bicyclic) bond motifs is 2. The van der Waals surface area contributed by atoms with Crippen LogP contribution >= 0.6 is 24.8 Å². The molecule has 1 saturated heterocycles. The van der Waals surface area contributed by atoms with E-state index in [0.717, 1.165) is 66.5 Å². The van der Waals surface area contributed by atoms with Gasteiger partial charge in [0.15, 0.2) is 11.5 Å². The highest BCUT2D eigenvalue weighted by molar-refractivity contribution is 5.85. The minimum atomic E-state index is -0.0840. The third-order valence-electron chi connectivity index (χ3n) is 6.34. The lowest BCUT2D eigenvalue weighted by Crippen LogP contribution is -2.43. The fourth-order valence-corrected chi connectivity index (χ4v) is 4.44. The molecule has 35 heavy (non-hydrogen) atoms. The minimum Gasteiger partial charge on any atom is -0.497 e. The van der Waals surface area contributed by atoms with Crippen molar-refractivity contribution in [2.24, 2.45) is 0 Å². The molecule has 11 heteroatoms. The van der Waals surface area contributed by atoms with Gasteiger partial charge in [-0.15, -0.1) is 24.8 Å². The Balaban J connectivity index is 0.00000171. The van der Waals surface area contributed by atoms with Crippen molar-refractivity contribution >= 4 is 35.8 Å². The van der Waals surface area contributed by atoms with E-state index in [1.54, 1.807) is 17.9 Å². The van der Waals surface area contributed by atoms with Crippen LogP contribution in [0.2, 0.25) is 0 Å². The van der Waals surface area contributed by atoms with E-state index < -0.39 is 0 Å². The summed E-state index contributed by atoms with van der Waals surface area (Å²) >= 11 is 0. The zero-order valence-electron chi connectivity index (χ0n) is 19.6. The van der Waals surface area contributed by atoms with Gasteiger partial charge in [0.05, 0.1) is 36.2 Å². The van der Waals surface area contributed by atoms with Crippen LogP contribution in [0.3, 0.4) is 0 Å². The molecule has 0 radical (unpaired) electrons. The van der Waals surface area contributed by atoms with Crippen LogP contribution < -0.4 is 25.1 Å². The van der Waals surface area contributed by atoms with Crippen LogP contribution in [0.1, 0.15) is 18.5 Å². The zero-order valence-corrected chi connectivity index (χ0v) is 21.3. The van der Waals surface area contributed by atoms with Gasteiger partial charge in [0.2, 0.25) is 0 Å². The maximum atomic E-state index is 12.5. The first-order chi connectivity index (χ1) is 16.2. The molecule has 2 aliphatic rings. The summed E-state index contributed by atoms with van der Waals surface area (Å²) in [7, 11) is 1.63. The van der Waals surface area contributed by atoms with Crippen molar-refractivity contribution in [3.8, 4) is 17.2 Å². The topological polar surface area (TPSA) is 90.7 Å². The second kappa shape index (κ2) is 12.4. The van der Waals surface area contributed by atoms with Crippen molar-refractivity contribution in [3.63, 3.8) is 0 Å². The smallest absolute Gasteiger partial charge is 0.269 e. The molecule has 2 aromatic heterocycles. The maximum absolute atomic E-state index is 12.5. The van der Waals surface area contributed by atoms with Gasteiger partial charge in [-0.3, -0.25) is 9.78 Å². The fraction of sp³-hybridized carbons (Fsp3) is 0.458. The first-order valence-corrected chi connectivity index (χ1v) is 11.4. The molecule has 9 nitrogen and oxygen atoms in total. The Morgan fingerprint density at radius 2 is 1.80 bits per heavy atom. The van der Waals surface area contributed by atoms with Crippen LogP contribution in [0.25, 0.3) is 11.0 Å². The van der Waals surface area contributed by atoms with Crippen molar-refractivity contribution in [3.05, 3.63) is 52.7 Å². The summed E-state index contributed by atoms with van der Waals surface area (Å²) in [5.41, 5.74) is 2.48. The lowest BCUT2D eigenvalue weighted by Gasteiger charge is -2.32. The maximum Gasteiger partial charge on any atom is 0.269 e. The molecule has 1 aromatic carbocycles. The van der Waals surface area contributed by atoms with Gasteiger partial charge in [0, 0.05) is 37.8 Å². The summed E-state index contributed by atoms with van der Waals surface area (Å²) in [5, 5.41) is 3.62. The number of pyridine rings is 1. The van der Waals surface area contributed by atoms with Gasteiger partial charge in [-0.2, -0.15) is 0 Å². The van der Waals surface area contributed by atoms with Crippen LogP contribution in [0.5, 0.6) is 17.2 Å². The average molecular weight is 524 g/mol. The van der Waals surface area contributed by atoms with Crippen molar-refractivity contribution in [2.45, 2.75) is 32.0 Å².